The van der Waals surface area contributed by atoms with Gasteiger partial charge in [-0.15, -0.1) is 34.2 Å². The van der Waals surface area contributed by atoms with Crippen molar-refractivity contribution in [3.8, 4) is 5.69 Å². The molecule has 164 valence electrons. The molecule has 2 heterocycles. The Balaban J connectivity index is 0.00000272. The summed E-state index contributed by atoms with van der Waals surface area (Å²) < 4.78 is 30.0. The van der Waals surface area contributed by atoms with Crippen molar-refractivity contribution in [3.63, 3.8) is 0 Å². The molecule has 1 aliphatic rings. The van der Waals surface area contributed by atoms with E-state index >= 15 is 0 Å². The van der Waals surface area contributed by atoms with Crippen LogP contribution in [0.25, 0.3) is 5.69 Å². The van der Waals surface area contributed by atoms with Crippen LogP contribution in [0.15, 0.2) is 59.9 Å². The van der Waals surface area contributed by atoms with E-state index in [4.69, 9.17) is 0 Å². The molecule has 1 atom stereocenters. The van der Waals surface area contributed by atoms with E-state index in [1.807, 2.05) is 34.9 Å². The topological polar surface area (TPSA) is 70.4 Å². The number of aromatic nitrogens is 3. The number of benzene rings is 2. The molecule has 4 rings (SSSR count). The first kappa shape index (κ1) is 22.9. The Kier molecular flexibility index (Phi) is 7.77. The lowest BCUT2D eigenvalue weighted by Crippen LogP contribution is -2.44. The van der Waals surface area contributed by atoms with Crippen LogP contribution in [-0.2, 0) is 6.54 Å². The summed E-state index contributed by atoms with van der Waals surface area (Å²) in [7, 11) is 1.68. The maximum Gasteiger partial charge on any atom is 0.191 e. The van der Waals surface area contributed by atoms with E-state index in [2.05, 4.69) is 25.8 Å². The predicted molar refractivity (Wildman–Crippen MR) is 127 cm³/mol. The van der Waals surface area contributed by atoms with Crippen LogP contribution < -0.4 is 15.5 Å². The second-order valence-corrected chi connectivity index (χ2v) is 7.02. The molecule has 0 spiro atoms. The highest BCUT2D eigenvalue weighted by molar-refractivity contribution is 14.0. The van der Waals surface area contributed by atoms with E-state index in [1.165, 1.54) is 18.2 Å². The summed E-state index contributed by atoms with van der Waals surface area (Å²) >= 11 is 0. The summed E-state index contributed by atoms with van der Waals surface area (Å²) in [6.07, 6.45) is 2.41. The lowest BCUT2D eigenvalue weighted by molar-refractivity contribution is 0.575. The number of nitrogens with one attached hydrogen (secondary N) is 2. The SMILES string of the molecule is CN=C(NCc1nncn1-c1ccccc1)NC1CCN(c2c(F)cccc2F)C1.I. The first-order valence-electron chi connectivity index (χ1n) is 9.76. The van der Waals surface area contributed by atoms with Gasteiger partial charge in [-0.2, -0.15) is 0 Å². The largest absolute Gasteiger partial charge is 0.365 e. The number of para-hydroxylation sites is 2. The zero-order valence-electron chi connectivity index (χ0n) is 17.0. The highest BCUT2D eigenvalue weighted by atomic mass is 127. The van der Waals surface area contributed by atoms with E-state index < -0.39 is 11.6 Å². The third kappa shape index (κ3) is 5.30. The molecule has 1 fully saturated rings. The van der Waals surface area contributed by atoms with Gasteiger partial charge in [-0.1, -0.05) is 24.3 Å². The van der Waals surface area contributed by atoms with Gasteiger partial charge >= 0.3 is 0 Å². The van der Waals surface area contributed by atoms with Crippen LogP contribution in [0.4, 0.5) is 14.5 Å². The Morgan fingerprint density at radius 3 is 2.58 bits per heavy atom. The molecule has 0 saturated carbocycles. The molecule has 1 aromatic heterocycles. The molecule has 2 aromatic carbocycles. The molecular weight excluding hydrogens is 515 g/mol. The van der Waals surface area contributed by atoms with Crippen molar-refractivity contribution < 1.29 is 8.78 Å². The molecule has 1 saturated heterocycles. The first-order valence-corrected chi connectivity index (χ1v) is 9.76. The van der Waals surface area contributed by atoms with Crippen LogP contribution in [-0.4, -0.2) is 46.9 Å². The van der Waals surface area contributed by atoms with Gasteiger partial charge in [-0.05, 0) is 30.7 Å². The molecule has 0 amide bonds. The first-order chi connectivity index (χ1) is 14.7. The van der Waals surface area contributed by atoms with Gasteiger partial charge in [0.05, 0.1) is 6.54 Å². The molecule has 0 aliphatic carbocycles. The standard InChI is InChI=1S/C21H23F2N7.HI/c1-24-21(25-12-19-28-26-14-30(19)16-6-3-2-4-7-16)27-15-10-11-29(13-15)20-17(22)8-5-9-18(20)23;/h2-9,14-15H,10-13H2,1H3,(H2,24,25,27);1H. The van der Waals surface area contributed by atoms with Crippen molar-refractivity contribution in [3.05, 3.63) is 72.3 Å². The minimum Gasteiger partial charge on any atom is -0.365 e. The number of aliphatic imine (C=N–C) groups is 1. The van der Waals surface area contributed by atoms with Gasteiger partial charge < -0.3 is 15.5 Å². The molecule has 2 N–H and O–H groups in total. The van der Waals surface area contributed by atoms with Crippen molar-refractivity contribution in [1.29, 1.82) is 0 Å². The number of anilines is 1. The molecule has 1 aliphatic heterocycles. The number of rotatable bonds is 5. The second-order valence-electron chi connectivity index (χ2n) is 7.02. The lowest BCUT2D eigenvalue weighted by atomic mass is 10.2. The van der Waals surface area contributed by atoms with Gasteiger partial charge in [-0.25, -0.2) is 8.78 Å². The summed E-state index contributed by atoms with van der Waals surface area (Å²) in [6.45, 7) is 1.47. The Labute approximate surface area is 196 Å². The highest BCUT2D eigenvalue weighted by Crippen LogP contribution is 2.26. The average molecular weight is 539 g/mol. The van der Waals surface area contributed by atoms with E-state index in [1.54, 1.807) is 18.3 Å². The quantitative estimate of drug-likeness (QED) is 0.297. The molecular formula is C21H24F2IN7. The monoisotopic (exact) mass is 539 g/mol. The summed E-state index contributed by atoms with van der Waals surface area (Å²) in [5, 5.41) is 14.7. The van der Waals surface area contributed by atoms with Crippen molar-refractivity contribution >= 4 is 35.6 Å². The van der Waals surface area contributed by atoms with Crippen molar-refractivity contribution in [2.45, 2.75) is 19.0 Å². The van der Waals surface area contributed by atoms with Gasteiger partial charge in [-0.3, -0.25) is 9.56 Å². The van der Waals surface area contributed by atoms with Gasteiger partial charge in [0.1, 0.15) is 23.6 Å². The van der Waals surface area contributed by atoms with E-state index in [9.17, 15) is 8.78 Å². The minimum atomic E-state index is -0.543. The Hall–Kier alpha value is -2.76. The molecule has 0 radical (unpaired) electrons. The highest BCUT2D eigenvalue weighted by Gasteiger charge is 2.27. The number of guanidine groups is 1. The van der Waals surface area contributed by atoms with Crippen LogP contribution in [0.2, 0.25) is 0 Å². The second kappa shape index (κ2) is 10.5. The molecule has 31 heavy (non-hydrogen) atoms. The average Bonchev–Trinajstić information content (AvgIpc) is 3.41. The van der Waals surface area contributed by atoms with E-state index in [-0.39, 0.29) is 35.7 Å². The van der Waals surface area contributed by atoms with Crippen molar-refractivity contribution in [2.24, 2.45) is 4.99 Å². The fourth-order valence-corrected chi connectivity index (χ4v) is 3.61. The van der Waals surface area contributed by atoms with E-state index in [0.29, 0.717) is 25.6 Å². The molecule has 7 nitrogen and oxygen atoms in total. The van der Waals surface area contributed by atoms with Gasteiger partial charge in [0.25, 0.3) is 0 Å². The van der Waals surface area contributed by atoms with E-state index in [0.717, 1.165) is 17.9 Å². The van der Waals surface area contributed by atoms with Crippen LogP contribution in [0, 0.1) is 11.6 Å². The predicted octanol–water partition coefficient (Wildman–Crippen LogP) is 3.11. The third-order valence-electron chi connectivity index (χ3n) is 5.07. The smallest absolute Gasteiger partial charge is 0.191 e. The summed E-state index contributed by atoms with van der Waals surface area (Å²) in [5.41, 5.74) is 1.00. The van der Waals surface area contributed by atoms with Crippen LogP contribution in [0.5, 0.6) is 0 Å². The van der Waals surface area contributed by atoms with Crippen LogP contribution >= 0.6 is 24.0 Å². The summed E-state index contributed by atoms with van der Waals surface area (Å²) in [4.78, 5) is 5.98. The molecule has 0 bridgehead atoms. The normalized spacial score (nSPS) is 16.2. The maximum atomic E-state index is 14.1. The van der Waals surface area contributed by atoms with Crippen LogP contribution in [0.1, 0.15) is 12.2 Å². The fourth-order valence-electron chi connectivity index (χ4n) is 3.61. The van der Waals surface area contributed by atoms with Crippen molar-refractivity contribution in [2.75, 3.05) is 25.0 Å². The zero-order valence-corrected chi connectivity index (χ0v) is 19.3. The number of hydrogen-bond donors (Lipinski definition) is 2. The number of nitrogens with zero attached hydrogens (tertiary/aromatic N) is 5. The van der Waals surface area contributed by atoms with Crippen LogP contribution in [0.3, 0.4) is 0 Å². The van der Waals surface area contributed by atoms with Gasteiger partial charge in [0.15, 0.2) is 11.8 Å². The third-order valence-corrected chi connectivity index (χ3v) is 5.07. The van der Waals surface area contributed by atoms with Gasteiger partial charge in [0.2, 0.25) is 0 Å². The number of hydrogen-bond acceptors (Lipinski definition) is 4. The summed E-state index contributed by atoms with van der Waals surface area (Å²) in [6, 6.07) is 13.8. The van der Waals surface area contributed by atoms with Gasteiger partial charge in [0, 0.05) is 31.9 Å². The van der Waals surface area contributed by atoms with Crippen molar-refractivity contribution in [1.82, 2.24) is 25.4 Å². The molecule has 10 heteroatoms. The molecule has 3 aromatic rings. The zero-order chi connectivity index (χ0) is 20.9. The maximum absolute atomic E-state index is 14.1. The molecule has 1 unspecified atom stereocenters. The number of halogens is 3. The minimum absolute atomic E-state index is 0. The Bertz CT molecular complexity index is 1010. The Morgan fingerprint density at radius 2 is 1.87 bits per heavy atom. The fraction of sp³-hybridized carbons (Fsp3) is 0.286. The summed E-state index contributed by atoms with van der Waals surface area (Å²) in [5.74, 6) is 0.251. The lowest BCUT2D eigenvalue weighted by Gasteiger charge is -2.21. The Morgan fingerprint density at radius 1 is 1.13 bits per heavy atom.